The molecule has 4 rings (SSSR count). The molecule has 2 amide bonds. The smallest absolute Gasteiger partial charge is 0.273 e. The molecule has 0 aliphatic carbocycles. The lowest BCUT2D eigenvalue weighted by molar-refractivity contribution is -0.149. The maximum Gasteiger partial charge on any atom is 0.273 e. The Labute approximate surface area is 161 Å². The number of rotatable bonds is 4. The number of hydrogen-bond donors (Lipinski definition) is 0. The van der Waals surface area contributed by atoms with Gasteiger partial charge in [0.25, 0.3) is 5.91 Å². The molecule has 0 N–H and O–H groups in total. The number of thiazole rings is 1. The summed E-state index contributed by atoms with van der Waals surface area (Å²) in [6.07, 6.45) is 2.74. The van der Waals surface area contributed by atoms with Crippen molar-refractivity contribution in [1.82, 2.24) is 14.8 Å². The third kappa shape index (κ3) is 3.23. The predicted molar refractivity (Wildman–Crippen MR) is 101 cm³/mol. The van der Waals surface area contributed by atoms with E-state index in [1.54, 1.807) is 15.8 Å². The number of carbonyl (C=O) groups excluding carboxylic acids is 2. The Hall–Kier alpha value is -1.92. The molecule has 2 saturated heterocycles. The standard InChI is InChI=1S/C19H20ClN3O2S/c20-15-5-3-14(4-6-15)9-19(18(25)22-7-1-2-8-22)11-23(12-19)17(24)16-10-26-13-21-16/h3-6,10,13H,1-2,7-9,11-12H2. The van der Waals surface area contributed by atoms with Crippen LogP contribution in [0.5, 0.6) is 0 Å². The van der Waals surface area contributed by atoms with Crippen molar-refractivity contribution in [3.05, 3.63) is 51.4 Å². The zero-order valence-corrected chi connectivity index (χ0v) is 15.9. The van der Waals surface area contributed by atoms with E-state index in [1.165, 1.54) is 11.3 Å². The van der Waals surface area contributed by atoms with Gasteiger partial charge in [-0.15, -0.1) is 11.3 Å². The van der Waals surface area contributed by atoms with Crippen LogP contribution in [-0.4, -0.2) is 52.8 Å². The molecule has 2 aliphatic heterocycles. The van der Waals surface area contributed by atoms with Gasteiger partial charge in [0.1, 0.15) is 5.69 Å². The van der Waals surface area contributed by atoms with E-state index < -0.39 is 5.41 Å². The molecule has 0 saturated carbocycles. The summed E-state index contributed by atoms with van der Waals surface area (Å²) in [5, 5.41) is 2.44. The summed E-state index contributed by atoms with van der Waals surface area (Å²) in [6.45, 7) is 2.53. The number of likely N-dealkylation sites (tertiary alicyclic amines) is 2. The quantitative estimate of drug-likeness (QED) is 0.807. The Morgan fingerprint density at radius 3 is 2.42 bits per heavy atom. The summed E-state index contributed by atoms with van der Waals surface area (Å²) in [7, 11) is 0. The fraction of sp³-hybridized carbons (Fsp3) is 0.421. The SMILES string of the molecule is O=C(c1cscn1)N1CC(Cc2ccc(Cl)cc2)(C(=O)N2CCCC2)C1. The number of nitrogens with zero attached hydrogens (tertiary/aromatic N) is 3. The first kappa shape index (κ1) is 17.5. The molecular weight excluding hydrogens is 370 g/mol. The maximum atomic E-state index is 13.2. The molecular formula is C19H20ClN3O2S. The third-order valence-corrected chi connectivity index (χ3v) is 6.07. The van der Waals surface area contributed by atoms with Gasteiger partial charge in [-0.05, 0) is 37.0 Å². The van der Waals surface area contributed by atoms with E-state index in [-0.39, 0.29) is 11.8 Å². The van der Waals surface area contributed by atoms with E-state index in [0.29, 0.717) is 30.2 Å². The number of benzene rings is 1. The summed E-state index contributed by atoms with van der Waals surface area (Å²) < 4.78 is 0. The highest BCUT2D eigenvalue weighted by Gasteiger charge is 2.52. The van der Waals surface area contributed by atoms with Gasteiger partial charge in [-0.25, -0.2) is 4.98 Å². The van der Waals surface area contributed by atoms with Crippen LogP contribution in [0.2, 0.25) is 5.02 Å². The van der Waals surface area contributed by atoms with Gasteiger partial charge >= 0.3 is 0 Å². The molecule has 0 radical (unpaired) electrons. The topological polar surface area (TPSA) is 53.5 Å². The number of halogens is 1. The molecule has 0 bridgehead atoms. The first-order valence-electron chi connectivity index (χ1n) is 8.79. The normalized spacial score (nSPS) is 18.7. The van der Waals surface area contributed by atoms with Crippen molar-refractivity contribution in [2.75, 3.05) is 26.2 Å². The number of carbonyl (C=O) groups is 2. The van der Waals surface area contributed by atoms with Crippen molar-refractivity contribution >= 4 is 34.8 Å². The minimum absolute atomic E-state index is 0.0906. The van der Waals surface area contributed by atoms with Crippen molar-refractivity contribution in [2.45, 2.75) is 19.3 Å². The van der Waals surface area contributed by atoms with Crippen molar-refractivity contribution in [2.24, 2.45) is 5.41 Å². The molecule has 2 fully saturated rings. The van der Waals surface area contributed by atoms with Gasteiger partial charge in [-0.1, -0.05) is 23.7 Å². The summed E-state index contributed by atoms with van der Waals surface area (Å²) in [5.74, 6) is 0.0829. The highest BCUT2D eigenvalue weighted by atomic mass is 35.5. The lowest BCUT2D eigenvalue weighted by Crippen LogP contribution is -2.65. The Morgan fingerprint density at radius 1 is 1.12 bits per heavy atom. The third-order valence-electron chi connectivity index (χ3n) is 5.23. The molecule has 0 spiro atoms. The highest BCUT2D eigenvalue weighted by molar-refractivity contribution is 7.07. The zero-order chi connectivity index (χ0) is 18.1. The number of aromatic nitrogens is 1. The zero-order valence-electron chi connectivity index (χ0n) is 14.4. The van der Waals surface area contributed by atoms with E-state index in [2.05, 4.69) is 4.98 Å². The first-order chi connectivity index (χ1) is 12.6. The second-order valence-electron chi connectivity index (χ2n) is 7.12. The molecule has 1 aromatic heterocycles. The summed E-state index contributed by atoms with van der Waals surface area (Å²) in [5.41, 5.74) is 2.65. The van der Waals surface area contributed by atoms with Crippen molar-refractivity contribution < 1.29 is 9.59 Å². The maximum absolute atomic E-state index is 13.2. The van der Waals surface area contributed by atoms with Crippen molar-refractivity contribution in [3.63, 3.8) is 0 Å². The van der Waals surface area contributed by atoms with Crippen LogP contribution in [0.1, 0.15) is 28.9 Å². The van der Waals surface area contributed by atoms with Gasteiger partial charge < -0.3 is 9.80 Å². The minimum atomic E-state index is -0.538. The molecule has 136 valence electrons. The van der Waals surface area contributed by atoms with Crippen LogP contribution in [-0.2, 0) is 11.2 Å². The van der Waals surface area contributed by atoms with Gasteiger partial charge in [-0.2, -0.15) is 0 Å². The summed E-state index contributed by atoms with van der Waals surface area (Å²) in [6, 6.07) is 7.63. The fourth-order valence-electron chi connectivity index (χ4n) is 3.88. The Morgan fingerprint density at radius 2 is 1.81 bits per heavy atom. The lowest BCUT2D eigenvalue weighted by Gasteiger charge is -2.50. The molecule has 2 aliphatic rings. The van der Waals surface area contributed by atoms with Crippen LogP contribution in [0, 0.1) is 5.41 Å². The predicted octanol–water partition coefficient (Wildman–Crippen LogP) is 3.10. The lowest BCUT2D eigenvalue weighted by atomic mass is 9.73. The molecule has 0 unspecified atom stereocenters. The molecule has 7 heteroatoms. The van der Waals surface area contributed by atoms with E-state index in [1.807, 2.05) is 29.2 Å². The van der Waals surface area contributed by atoms with Crippen LogP contribution in [0.4, 0.5) is 0 Å². The first-order valence-corrected chi connectivity index (χ1v) is 10.1. The van der Waals surface area contributed by atoms with E-state index in [9.17, 15) is 9.59 Å². The van der Waals surface area contributed by atoms with Crippen LogP contribution < -0.4 is 0 Å². The van der Waals surface area contributed by atoms with Crippen LogP contribution >= 0.6 is 22.9 Å². The van der Waals surface area contributed by atoms with Crippen LogP contribution in [0.3, 0.4) is 0 Å². The minimum Gasteiger partial charge on any atom is -0.342 e. The van der Waals surface area contributed by atoms with Crippen molar-refractivity contribution in [3.8, 4) is 0 Å². The average Bonchev–Trinajstić information content (AvgIpc) is 3.31. The second-order valence-corrected chi connectivity index (χ2v) is 8.27. The monoisotopic (exact) mass is 389 g/mol. The Bertz CT molecular complexity index is 795. The van der Waals surface area contributed by atoms with E-state index >= 15 is 0 Å². The second kappa shape index (κ2) is 7.00. The molecule has 0 atom stereocenters. The fourth-order valence-corrected chi connectivity index (χ4v) is 4.53. The van der Waals surface area contributed by atoms with Gasteiger partial charge in [0.2, 0.25) is 5.91 Å². The van der Waals surface area contributed by atoms with Gasteiger partial charge in [0.15, 0.2) is 0 Å². The van der Waals surface area contributed by atoms with Crippen LogP contribution in [0.15, 0.2) is 35.2 Å². The molecule has 1 aromatic carbocycles. The summed E-state index contributed by atoms with van der Waals surface area (Å²) >= 11 is 7.39. The number of amides is 2. The molecule has 3 heterocycles. The summed E-state index contributed by atoms with van der Waals surface area (Å²) in [4.78, 5) is 33.6. The number of hydrogen-bond acceptors (Lipinski definition) is 4. The highest BCUT2D eigenvalue weighted by Crippen LogP contribution is 2.38. The van der Waals surface area contributed by atoms with E-state index in [0.717, 1.165) is 31.5 Å². The average molecular weight is 390 g/mol. The Balaban J connectivity index is 1.54. The Kier molecular flexibility index (Phi) is 4.71. The van der Waals surface area contributed by atoms with E-state index in [4.69, 9.17) is 11.6 Å². The molecule has 2 aromatic rings. The van der Waals surface area contributed by atoms with Crippen LogP contribution in [0.25, 0.3) is 0 Å². The van der Waals surface area contributed by atoms with Gasteiger partial charge in [0.05, 0.1) is 10.9 Å². The van der Waals surface area contributed by atoms with Gasteiger partial charge in [0, 0.05) is 36.6 Å². The largest absolute Gasteiger partial charge is 0.342 e. The molecule has 26 heavy (non-hydrogen) atoms. The molecule has 5 nitrogen and oxygen atoms in total. The van der Waals surface area contributed by atoms with Crippen molar-refractivity contribution in [1.29, 1.82) is 0 Å². The van der Waals surface area contributed by atoms with Gasteiger partial charge in [-0.3, -0.25) is 9.59 Å².